The van der Waals surface area contributed by atoms with Gasteiger partial charge in [0, 0.05) is 18.9 Å². The second-order valence-electron chi connectivity index (χ2n) is 4.93. The highest BCUT2D eigenvalue weighted by molar-refractivity contribution is 5.26. The lowest BCUT2D eigenvalue weighted by Crippen LogP contribution is -2.15. The molecule has 1 aromatic rings. The largest absolute Gasteiger partial charge is 0.354 e. The molecule has 4 heteroatoms. The summed E-state index contributed by atoms with van der Waals surface area (Å²) < 4.78 is 0. The molecule has 4 nitrogen and oxygen atoms in total. The molecule has 0 radical (unpaired) electrons. The van der Waals surface area contributed by atoms with Crippen LogP contribution >= 0.6 is 0 Å². The maximum Gasteiger partial charge on any atom is 0.222 e. The van der Waals surface area contributed by atoms with Crippen molar-refractivity contribution < 1.29 is 0 Å². The van der Waals surface area contributed by atoms with Crippen LogP contribution in [0.1, 0.15) is 32.8 Å². The van der Waals surface area contributed by atoms with Gasteiger partial charge in [0.25, 0.3) is 0 Å². The maximum absolute atomic E-state index is 4.30. The van der Waals surface area contributed by atoms with Crippen molar-refractivity contribution in [2.24, 2.45) is 0 Å². The quantitative estimate of drug-likeness (QED) is 0.746. The van der Waals surface area contributed by atoms with Gasteiger partial charge in [0.05, 0.1) is 0 Å². The summed E-state index contributed by atoms with van der Waals surface area (Å²) in [5, 5.41) is 6.30. The number of hydrogen-bond donors (Lipinski definition) is 2. The fourth-order valence-corrected chi connectivity index (χ4v) is 1.27. The first-order chi connectivity index (χ1) is 7.54. The lowest BCUT2D eigenvalue weighted by Gasteiger charge is -2.17. The molecule has 0 fully saturated rings. The number of nitrogens with one attached hydrogen (secondary N) is 2. The van der Waals surface area contributed by atoms with E-state index < -0.39 is 0 Å². The number of rotatable bonds is 5. The Kier molecular flexibility index (Phi) is 4.68. The summed E-state index contributed by atoms with van der Waals surface area (Å²) in [4.78, 5) is 8.60. The van der Waals surface area contributed by atoms with Crippen molar-refractivity contribution in [2.45, 2.75) is 32.6 Å². The van der Waals surface area contributed by atoms with E-state index in [1.165, 1.54) is 0 Å². The lowest BCUT2D eigenvalue weighted by atomic mass is 9.89. The number of aromatic nitrogens is 2. The van der Waals surface area contributed by atoms with Crippen LogP contribution in [0.15, 0.2) is 12.4 Å². The van der Waals surface area contributed by atoms with Gasteiger partial charge in [0.1, 0.15) is 0 Å². The molecule has 1 heterocycles. The Bertz CT molecular complexity index is 300. The first-order valence-corrected chi connectivity index (χ1v) is 5.75. The molecular formula is C12H22N4. The van der Waals surface area contributed by atoms with Crippen LogP contribution in [0, 0.1) is 0 Å². The van der Waals surface area contributed by atoms with Gasteiger partial charge in [-0.1, -0.05) is 20.8 Å². The molecule has 0 aromatic carbocycles. The molecule has 0 aliphatic carbocycles. The highest BCUT2D eigenvalue weighted by Crippen LogP contribution is 2.20. The predicted molar refractivity (Wildman–Crippen MR) is 67.8 cm³/mol. The molecule has 1 aromatic heterocycles. The molecule has 0 aliphatic heterocycles. The molecule has 0 bridgehead atoms. The van der Waals surface area contributed by atoms with Gasteiger partial charge in [-0.15, -0.1) is 0 Å². The second kappa shape index (κ2) is 5.80. The van der Waals surface area contributed by atoms with Crippen molar-refractivity contribution in [3.05, 3.63) is 18.0 Å². The number of nitrogens with zero attached hydrogens (tertiary/aromatic N) is 2. The first-order valence-electron chi connectivity index (χ1n) is 5.75. The average molecular weight is 222 g/mol. The van der Waals surface area contributed by atoms with Crippen LogP contribution in [-0.4, -0.2) is 30.1 Å². The SMILES string of the molecule is CNCCCNc1ncc(C(C)(C)C)cn1. The van der Waals surface area contributed by atoms with Gasteiger partial charge in [-0.2, -0.15) is 0 Å². The van der Waals surface area contributed by atoms with Crippen LogP contribution in [0.3, 0.4) is 0 Å². The first kappa shape index (κ1) is 12.9. The number of anilines is 1. The van der Waals surface area contributed by atoms with Gasteiger partial charge < -0.3 is 10.6 Å². The fraction of sp³-hybridized carbons (Fsp3) is 0.667. The predicted octanol–water partition coefficient (Wildman–Crippen LogP) is 1.80. The normalized spacial score (nSPS) is 11.5. The van der Waals surface area contributed by atoms with Crippen molar-refractivity contribution >= 4 is 5.95 Å². The standard InChI is InChI=1S/C12H22N4/c1-12(2,3)10-8-15-11(16-9-10)14-7-5-6-13-4/h8-9,13H,5-7H2,1-4H3,(H,14,15,16). The van der Waals surface area contributed by atoms with Gasteiger partial charge in [-0.3, -0.25) is 0 Å². The van der Waals surface area contributed by atoms with Crippen LogP contribution in [-0.2, 0) is 5.41 Å². The number of hydrogen-bond acceptors (Lipinski definition) is 4. The van der Waals surface area contributed by atoms with Crippen molar-refractivity contribution in [3.63, 3.8) is 0 Å². The highest BCUT2D eigenvalue weighted by atomic mass is 15.1. The Morgan fingerprint density at radius 2 is 1.75 bits per heavy atom. The van der Waals surface area contributed by atoms with Crippen molar-refractivity contribution in [1.29, 1.82) is 0 Å². The molecule has 16 heavy (non-hydrogen) atoms. The Labute approximate surface area is 97.9 Å². The molecule has 0 aliphatic rings. The topological polar surface area (TPSA) is 49.8 Å². The molecular weight excluding hydrogens is 200 g/mol. The van der Waals surface area contributed by atoms with E-state index in [-0.39, 0.29) is 5.41 Å². The minimum atomic E-state index is 0.116. The summed E-state index contributed by atoms with van der Waals surface area (Å²) in [5.41, 5.74) is 1.28. The summed E-state index contributed by atoms with van der Waals surface area (Å²) in [6.45, 7) is 8.38. The molecule has 0 amide bonds. The van der Waals surface area contributed by atoms with Crippen LogP contribution in [0.4, 0.5) is 5.95 Å². The highest BCUT2D eigenvalue weighted by Gasteiger charge is 2.14. The van der Waals surface area contributed by atoms with Gasteiger partial charge in [-0.25, -0.2) is 9.97 Å². The van der Waals surface area contributed by atoms with Gasteiger partial charge in [-0.05, 0) is 31.0 Å². The van der Waals surface area contributed by atoms with E-state index in [1.54, 1.807) is 0 Å². The molecule has 0 saturated carbocycles. The summed E-state index contributed by atoms with van der Waals surface area (Å²) in [7, 11) is 1.95. The smallest absolute Gasteiger partial charge is 0.222 e. The third-order valence-corrected chi connectivity index (χ3v) is 2.40. The van der Waals surface area contributed by atoms with E-state index in [0.29, 0.717) is 5.95 Å². The third kappa shape index (κ3) is 4.14. The Morgan fingerprint density at radius 3 is 2.25 bits per heavy atom. The van der Waals surface area contributed by atoms with Gasteiger partial charge in [0.15, 0.2) is 0 Å². The molecule has 1 rings (SSSR count). The third-order valence-electron chi connectivity index (χ3n) is 2.40. The fourth-order valence-electron chi connectivity index (χ4n) is 1.27. The summed E-state index contributed by atoms with van der Waals surface area (Å²) in [6.07, 6.45) is 4.86. The molecule has 0 spiro atoms. The van der Waals surface area contributed by atoms with E-state index in [2.05, 4.69) is 41.4 Å². The van der Waals surface area contributed by atoms with Crippen molar-refractivity contribution in [1.82, 2.24) is 15.3 Å². The zero-order chi connectivity index (χ0) is 12.0. The van der Waals surface area contributed by atoms with Crippen LogP contribution in [0.5, 0.6) is 0 Å². The van der Waals surface area contributed by atoms with E-state index in [1.807, 2.05) is 19.4 Å². The molecule has 0 atom stereocenters. The molecule has 0 saturated heterocycles. The maximum atomic E-state index is 4.30. The summed E-state index contributed by atoms with van der Waals surface area (Å²) in [6, 6.07) is 0. The van der Waals surface area contributed by atoms with E-state index in [4.69, 9.17) is 0 Å². The molecule has 2 N–H and O–H groups in total. The summed E-state index contributed by atoms with van der Waals surface area (Å²) in [5.74, 6) is 0.712. The van der Waals surface area contributed by atoms with Crippen LogP contribution < -0.4 is 10.6 Å². The average Bonchev–Trinajstić information content (AvgIpc) is 2.24. The Balaban J connectivity index is 2.46. The van der Waals surface area contributed by atoms with Gasteiger partial charge in [0.2, 0.25) is 5.95 Å². The van der Waals surface area contributed by atoms with E-state index >= 15 is 0 Å². The monoisotopic (exact) mass is 222 g/mol. The van der Waals surface area contributed by atoms with Crippen molar-refractivity contribution in [2.75, 3.05) is 25.5 Å². The van der Waals surface area contributed by atoms with Crippen LogP contribution in [0.2, 0.25) is 0 Å². The van der Waals surface area contributed by atoms with E-state index in [0.717, 1.165) is 25.1 Å². The van der Waals surface area contributed by atoms with E-state index in [9.17, 15) is 0 Å². The zero-order valence-electron chi connectivity index (χ0n) is 10.7. The van der Waals surface area contributed by atoms with Crippen molar-refractivity contribution in [3.8, 4) is 0 Å². The molecule has 90 valence electrons. The lowest BCUT2D eigenvalue weighted by molar-refractivity contribution is 0.584. The Morgan fingerprint density at radius 1 is 1.12 bits per heavy atom. The zero-order valence-corrected chi connectivity index (χ0v) is 10.7. The summed E-state index contributed by atoms with van der Waals surface area (Å²) >= 11 is 0. The minimum absolute atomic E-state index is 0.116. The second-order valence-corrected chi connectivity index (χ2v) is 4.93. The minimum Gasteiger partial charge on any atom is -0.354 e. The van der Waals surface area contributed by atoms with Gasteiger partial charge >= 0.3 is 0 Å². The molecule has 0 unspecified atom stereocenters. The van der Waals surface area contributed by atoms with Crippen LogP contribution in [0.25, 0.3) is 0 Å². The Hall–Kier alpha value is -1.16.